The molecule has 0 saturated heterocycles. The fourth-order valence-electron chi connectivity index (χ4n) is 5.77. The fraction of sp³-hybridized carbons (Fsp3) is 0.348. The molecule has 4 aromatic heterocycles. The summed E-state index contributed by atoms with van der Waals surface area (Å²) < 4.78 is 30.5. The predicted octanol–water partition coefficient (Wildman–Crippen LogP) is 4.46. The van der Waals surface area contributed by atoms with Crippen molar-refractivity contribution < 1.29 is 18.7 Å². The van der Waals surface area contributed by atoms with Crippen molar-refractivity contribution in [2.75, 3.05) is 5.32 Å². The molecule has 0 aromatic carbocycles. The summed E-state index contributed by atoms with van der Waals surface area (Å²) >= 11 is 0. The molecule has 3 N–H and O–H groups in total. The summed E-state index contributed by atoms with van der Waals surface area (Å²) in [6, 6.07) is 4.40. The van der Waals surface area contributed by atoms with Gasteiger partial charge in [0.2, 0.25) is 5.95 Å². The van der Waals surface area contributed by atoms with Crippen molar-refractivity contribution in [3.63, 3.8) is 0 Å². The fourth-order valence-corrected chi connectivity index (χ4v) is 5.77. The topological polar surface area (TPSA) is 95.3 Å². The summed E-state index contributed by atoms with van der Waals surface area (Å²) in [6.07, 6.45) is 8.04. The number of hydrogen-bond donors (Lipinski definition) is 3. The van der Waals surface area contributed by atoms with E-state index in [0.29, 0.717) is 27.7 Å². The van der Waals surface area contributed by atoms with E-state index < -0.39 is 23.7 Å². The van der Waals surface area contributed by atoms with E-state index in [1.165, 1.54) is 16.8 Å². The van der Waals surface area contributed by atoms with Gasteiger partial charge >= 0.3 is 5.97 Å². The molecule has 0 radical (unpaired) electrons. The highest BCUT2D eigenvalue weighted by atomic mass is 19.1. The van der Waals surface area contributed by atoms with Crippen molar-refractivity contribution >= 4 is 28.2 Å². The van der Waals surface area contributed by atoms with Crippen LogP contribution in [0, 0.1) is 29.5 Å². The molecule has 3 saturated carbocycles. The Bertz CT molecular complexity index is 1360. The molecule has 3 aliphatic rings. The molecule has 3 aliphatic carbocycles. The monoisotopic (exact) mass is 437 g/mol. The second-order valence-corrected chi connectivity index (χ2v) is 8.85. The second kappa shape index (κ2) is 7.01. The number of aromatic amines is 1. The normalized spacial score (nSPS) is 24.9. The minimum Gasteiger partial charge on any atom is -0.481 e. The number of anilines is 1. The van der Waals surface area contributed by atoms with Gasteiger partial charge in [-0.25, -0.2) is 13.9 Å². The number of aliphatic carboxylic acids is 1. The molecule has 1 unspecified atom stereocenters. The highest BCUT2D eigenvalue weighted by Crippen LogP contribution is 2.47. The molecule has 3 fully saturated rings. The third kappa shape index (κ3) is 2.80. The number of nitrogens with zero attached hydrogens (tertiary/aromatic N) is 3. The van der Waals surface area contributed by atoms with E-state index in [1.54, 1.807) is 18.3 Å². The average Bonchev–Trinajstić information content (AvgIpc) is 3.44. The maximum atomic E-state index is 15.4. The zero-order valence-corrected chi connectivity index (χ0v) is 17.1. The van der Waals surface area contributed by atoms with Crippen molar-refractivity contribution in [2.24, 2.45) is 17.8 Å². The van der Waals surface area contributed by atoms with Crippen LogP contribution >= 0.6 is 0 Å². The van der Waals surface area contributed by atoms with E-state index in [1.807, 2.05) is 0 Å². The van der Waals surface area contributed by atoms with Crippen molar-refractivity contribution in [3.8, 4) is 11.1 Å². The van der Waals surface area contributed by atoms with E-state index in [-0.39, 0.29) is 23.6 Å². The van der Waals surface area contributed by atoms with Crippen LogP contribution in [0.3, 0.4) is 0 Å². The van der Waals surface area contributed by atoms with E-state index >= 15 is 4.39 Å². The lowest BCUT2D eigenvalue weighted by Crippen LogP contribution is -2.51. The van der Waals surface area contributed by atoms with Crippen LogP contribution in [0.1, 0.15) is 25.7 Å². The van der Waals surface area contributed by atoms with Gasteiger partial charge in [0.05, 0.1) is 29.5 Å². The summed E-state index contributed by atoms with van der Waals surface area (Å²) in [5, 5.41) is 17.8. The molecule has 2 atom stereocenters. The Morgan fingerprint density at radius 3 is 2.72 bits per heavy atom. The molecule has 7 nitrogen and oxygen atoms in total. The zero-order valence-electron chi connectivity index (χ0n) is 17.1. The van der Waals surface area contributed by atoms with Crippen molar-refractivity contribution in [2.45, 2.75) is 31.7 Å². The number of carboxylic acid groups (broad SMARTS) is 1. The molecule has 4 heterocycles. The first-order chi connectivity index (χ1) is 15.5. The maximum Gasteiger partial charge on any atom is 0.308 e. The van der Waals surface area contributed by atoms with Crippen LogP contribution in [-0.2, 0) is 4.79 Å². The van der Waals surface area contributed by atoms with Gasteiger partial charge in [-0.3, -0.25) is 4.79 Å². The van der Waals surface area contributed by atoms with Gasteiger partial charge in [0.15, 0.2) is 0 Å². The first kappa shape index (κ1) is 19.2. The first-order valence-corrected chi connectivity index (χ1v) is 10.8. The van der Waals surface area contributed by atoms with Crippen molar-refractivity contribution in [1.82, 2.24) is 19.6 Å². The van der Waals surface area contributed by atoms with E-state index in [9.17, 15) is 14.3 Å². The van der Waals surface area contributed by atoms with Crippen LogP contribution < -0.4 is 5.32 Å². The smallest absolute Gasteiger partial charge is 0.308 e. The molecule has 7 rings (SSSR count). The van der Waals surface area contributed by atoms with Gasteiger partial charge in [-0.1, -0.05) is 0 Å². The Morgan fingerprint density at radius 2 is 1.94 bits per heavy atom. The largest absolute Gasteiger partial charge is 0.481 e. The number of rotatable bonds is 4. The average molecular weight is 437 g/mol. The van der Waals surface area contributed by atoms with E-state index in [4.69, 9.17) is 0 Å². The number of pyridine rings is 2. The lowest BCUT2D eigenvalue weighted by molar-refractivity contribution is -0.148. The molecule has 2 bridgehead atoms. The van der Waals surface area contributed by atoms with Crippen molar-refractivity contribution in [3.05, 3.63) is 48.6 Å². The Morgan fingerprint density at radius 1 is 1.16 bits per heavy atom. The summed E-state index contributed by atoms with van der Waals surface area (Å²) in [7, 11) is 0. The molecular formula is C23H21F2N5O2. The zero-order chi connectivity index (χ0) is 22.0. The minimum absolute atomic E-state index is 0.105. The highest BCUT2D eigenvalue weighted by Gasteiger charge is 2.47. The Balaban J connectivity index is 1.49. The van der Waals surface area contributed by atoms with E-state index in [2.05, 4.69) is 20.4 Å². The van der Waals surface area contributed by atoms with Crippen LogP contribution in [0.5, 0.6) is 0 Å². The summed E-state index contributed by atoms with van der Waals surface area (Å²) in [6.45, 7) is 0. The SMILES string of the molecule is O=C(O)[C@@H]1C(Nc2cc(-c3c[nH]c4ncc(F)cc34)c3ccnn3c2F)[C@H]2CC[C@@H]1CC2. The van der Waals surface area contributed by atoms with Crippen LogP contribution in [0.4, 0.5) is 14.5 Å². The molecule has 9 heteroatoms. The van der Waals surface area contributed by atoms with Gasteiger partial charge < -0.3 is 15.4 Å². The second-order valence-electron chi connectivity index (χ2n) is 8.85. The van der Waals surface area contributed by atoms with Crippen molar-refractivity contribution in [1.29, 1.82) is 0 Å². The van der Waals surface area contributed by atoms with Gasteiger partial charge in [-0.2, -0.15) is 9.49 Å². The number of halogens is 2. The lowest BCUT2D eigenvalue weighted by Gasteiger charge is -2.47. The number of aromatic nitrogens is 4. The number of carbonyl (C=O) groups is 1. The summed E-state index contributed by atoms with van der Waals surface area (Å²) in [5.41, 5.74) is 2.56. The molecule has 0 spiro atoms. The number of nitrogens with one attached hydrogen (secondary N) is 2. The maximum absolute atomic E-state index is 15.4. The van der Waals surface area contributed by atoms with Gasteiger partial charge in [-0.05, 0) is 55.7 Å². The Labute approximate surface area is 181 Å². The highest BCUT2D eigenvalue weighted by molar-refractivity contribution is 5.98. The Kier molecular flexibility index (Phi) is 4.21. The standard InChI is InChI=1S/C23H21F2N5O2/c24-13-7-15-16(10-27-22(15)26-9-13)14-8-17(21(25)30-18(14)5-6-28-30)29-20-12-3-1-11(2-4-12)19(20)23(31)32/h5-12,19-20,29H,1-4H2,(H,26,27)(H,31,32)/t11-,12+,19-,20?/m0/s1. The molecule has 32 heavy (non-hydrogen) atoms. The van der Waals surface area contributed by atoms with Gasteiger partial charge in [0.1, 0.15) is 11.5 Å². The molecule has 4 aromatic rings. The number of hydrogen-bond acceptors (Lipinski definition) is 4. The third-order valence-electron chi connectivity index (χ3n) is 7.23. The first-order valence-electron chi connectivity index (χ1n) is 10.8. The predicted molar refractivity (Wildman–Crippen MR) is 114 cm³/mol. The van der Waals surface area contributed by atoms with Crippen LogP contribution in [-0.4, -0.2) is 36.7 Å². The summed E-state index contributed by atoms with van der Waals surface area (Å²) in [5.74, 6) is -2.15. The molecule has 0 aliphatic heterocycles. The third-order valence-corrected chi connectivity index (χ3v) is 7.23. The summed E-state index contributed by atoms with van der Waals surface area (Å²) in [4.78, 5) is 19.1. The number of fused-ring (bicyclic) bond motifs is 5. The van der Waals surface area contributed by atoms with Crippen LogP contribution in [0.15, 0.2) is 36.8 Å². The number of H-pyrrole nitrogens is 1. The molecule has 164 valence electrons. The number of carboxylic acids is 1. The van der Waals surface area contributed by atoms with Crippen LogP contribution in [0.2, 0.25) is 0 Å². The Hall–Kier alpha value is -3.49. The van der Waals surface area contributed by atoms with Crippen LogP contribution in [0.25, 0.3) is 27.7 Å². The minimum atomic E-state index is -0.837. The quantitative estimate of drug-likeness (QED) is 0.410. The van der Waals surface area contributed by atoms with Gasteiger partial charge in [-0.15, -0.1) is 0 Å². The molecule has 0 amide bonds. The van der Waals surface area contributed by atoms with E-state index in [0.717, 1.165) is 31.9 Å². The van der Waals surface area contributed by atoms with Gasteiger partial charge in [0, 0.05) is 28.8 Å². The lowest BCUT2D eigenvalue weighted by atomic mass is 9.61. The molecular weight excluding hydrogens is 416 g/mol. The van der Waals surface area contributed by atoms with Gasteiger partial charge in [0.25, 0.3) is 0 Å².